The van der Waals surface area contributed by atoms with E-state index in [2.05, 4.69) is 10.1 Å². The van der Waals surface area contributed by atoms with Gasteiger partial charge < -0.3 is 15.2 Å². The molecule has 82 valence electrons. The highest BCUT2D eigenvalue weighted by atomic mass is 16.6. The highest BCUT2D eigenvalue weighted by Gasteiger charge is 2.17. The molecule has 8 nitrogen and oxygen atoms in total. The molecule has 0 saturated heterocycles. The fourth-order valence-corrected chi connectivity index (χ4v) is 1.31. The van der Waals surface area contributed by atoms with Gasteiger partial charge in [0, 0.05) is 0 Å². The Kier molecular flexibility index (Phi) is 2.04. The Balaban J connectivity index is 2.72. The van der Waals surface area contributed by atoms with Crippen LogP contribution in [0.3, 0.4) is 0 Å². The van der Waals surface area contributed by atoms with Crippen LogP contribution in [0.4, 0.5) is 5.82 Å². The predicted molar refractivity (Wildman–Crippen MR) is 51.3 cm³/mol. The number of carboxylic acid groups (broad SMARTS) is 1. The van der Waals surface area contributed by atoms with Crippen LogP contribution in [0.25, 0.3) is 5.65 Å². The van der Waals surface area contributed by atoms with Crippen LogP contribution in [0.1, 0.15) is 16.2 Å². The van der Waals surface area contributed by atoms with Gasteiger partial charge in [0.15, 0.2) is 11.3 Å². The molecule has 0 unspecified atom stereocenters. The summed E-state index contributed by atoms with van der Waals surface area (Å²) < 4.78 is 1.23. The topological polar surface area (TPSA) is 111 Å². The molecule has 2 heterocycles. The van der Waals surface area contributed by atoms with Gasteiger partial charge in [-0.2, -0.15) is 0 Å². The van der Waals surface area contributed by atoms with Gasteiger partial charge in [-0.05, 0) is 17.9 Å². The van der Waals surface area contributed by atoms with Crippen LogP contribution < -0.4 is 0 Å². The normalized spacial score (nSPS) is 10.6. The number of carboxylic acids is 1. The van der Waals surface area contributed by atoms with Gasteiger partial charge in [-0.25, -0.2) is 9.78 Å². The van der Waals surface area contributed by atoms with Crippen LogP contribution >= 0.6 is 0 Å². The number of nitrogens with zero attached hydrogens (tertiary/aromatic N) is 4. The van der Waals surface area contributed by atoms with Crippen LogP contribution in [0, 0.1) is 17.0 Å². The monoisotopic (exact) mass is 222 g/mol. The van der Waals surface area contributed by atoms with Crippen molar-refractivity contribution in [2.24, 2.45) is 0 Å². The molecule has 0 aliphatic rings. The molecule has 0 aliphatic heterocycles. The lowest BCUT2D eigenvalue weighted by molar-refractivity contribution is -0.389. The van der Waals surface area contributed by atoms with E-state index in [-0.39, 0.29) is 17.2 Å². The number of aromatic nitrogens is 3. The number of aryl methyl sites for hydroxylation is 1. The zero-order valence-corrected chi connectivity index (χ0v) is 8.12. The van der Waals surface area contributed by atoms with Crippen molar-refractivity contribution < 1.29 is 14.8 Å². The van der Waals surface area contributed by atoms with Crippen molar-refractivity contribution in [1.29, 1.82) is 0 Å². The van der Waals surface area contributed by atoms with Crippen molar-refractivity contribution in [2.45, 2.75) is 6.92 Å². The second kappa shape index (κ2) is 3.26. The summed E-state index contributed by atoms with van der Waals surface area (Å²) in [5.41, 5.74) is 0.444. The van der Waals surface area contributed by atoms with E-state index in [4.69, 9.17) is 5.11 Å². The van der Waals surface area contributed by atoms with Crippen LogP contribution in [-0.2, 0) is 0 Å². The van der Waals surface area contributed by atoms with Crippen LogP contribution in [0.5, 0.6) is 0 Å². The van der Waals surface area contributed by atoms with Gasteiger partial charge in [0.1, 0.15) is 0 Å². The Labute approximate surface area is 88.3 Å². The SMILES string of the molecule is Cc1cc(C(=O)O)nc2cc([N+](=O)[O-])nn12. The second-order valence-electron chi connectivity index (χ2n) is 3.12. The molecule has 2 aromatic rings. The minimum atomic E-state index is -1.19. The lowest BCUT2D eigenvalue weighted by Gasteiger charge is -1.96. The van der Waals surface area contributed by atoms with E-state index in [1.54, 1.807) is 6.92 Å². The predicted octanol–water partition coefficient (Wildman–Crippen LogP) is 0.644. The third-order valence-corrected chi connectivity index (χ3v) is 2.00. The summed E-state index contributed by atoms with van der Waals surface area (Å²) in [7, 11) is 0. The van der Waals surface area contributed by atoms with Gasteiger partial charge in [-0.3, -0.25) is 0 Å². The summed E-state index contributed by atoms with van der Waals surface area (Å²) in [5.74, 6) is -1.55. The van der Waals surface area contributed by atoms with Gasteiger partial charge in [-0.1, -0.05) is 0 Å². The molecule has 0 amide bonds. The molecule has 1 N–H and O–H groups in total. The first-order valence-corrected chi connectivity index (χ1v) is 4.24. The van der Waals surface area contributed by atoms with Crippen molar-refractivity contribution in [1.82, 2.24) is 14.6 Å². The van der Waals surface area contributed by atoms with E-state index < -0.39 is 10.9 Å². The summed E-state index contributed by atoms with van der Waals surface area (Å²) >= 11 is 0. The molecule has 0 aliphatic carbocycles. The Morgan fingerprint density at radius 3 is 2.81 bits per heavy atom. The standard InChI is InChI=1S/C8H6N4O4/c1-4-2-5(8(13)14)9-6-3-7(12(15)16)10-11(4)6/h2-3H,1H3,(H,13,14). The maximum Gasteiger partial charge on any atom is 0.392 e. The third kappa shape index (κ3) is 1.45. The van der Waals surface area contributed by atoms with Gasteiger partial charge in [0.25, 0.3) is 0 Å². The highest BCUT2D eigenvalue weighted by molar-refractivity contribution is 5.86. The molecule has 16 heavy (non-hydrogen) atoms. The number of carbonyl (C=O) groups is 1. The fourth-order valence-electron chi connectivity index (χ4n) is 1.31. The van der Waals surface area contributed by atoms with Gasteiger partial charge in [0.05, 0.1) is 16.9 Å². The number of fused-ring (bicyclic) bond motifs is 1. The van der Waals surface area contributed by atoms with Crippen molar-refractivity contribution in [3.05, 3.63) is 33.6 Å². The molecule has 2 rings (SSSR count). The van der Waals surface area contributed by atoms with E-state index >= 15 is 0 Å². The third-order valence-electron chi connectivity index (χ3n) is 2.00. The molecule has 0 radical (unpaired) electrons. The number of rotatable bonds is 2. The van der Waals surface area contributed by atoms with Gasteiger partial charge in [-0.15, -0.1) is 4.52 Å². The van der Waals surface area contributed by atoms with E-state index in [1.165, 1.54) is 10.6 Å². The minimum Gasteiger partial charge on any atom is -0.477 e. The molecule has 0 atom stereocenters. The Hall–Kier alpha value is -2.51. The first-order chi connectivity index (χ1) is 7.49. The molecule has 0 spiro atoms. The Bertz CT molecular complexity index is 603. The molecule has 0 saturated carbocycles. The van der Waals surface area contributed by atoms with Crippen molar-refractivity contribution >= 4 is 17.4 Å². The van der Waals surface area contributed by atoms with Gasteiger partial charge in [0.2, 0.25) is 0 Å². The molecular weight excluding hydrogens is 216 g/mol. The highest BCUT2D eigenvalue weighted by Crippen LogP contribution is 2.14. The lowest BCUT2D eigenvalue weighted by Crippen LogP contribution is -2.05. The van der Waals surface area contributed by atoms with E-state index in [1.807, 2.05) is 0 Å². The first kappa shape index (κ1) is 10.0. The number of aromatic carboxylic acids is 1. The number of hydrogen-bond donors (Lipinski definition) is 1. The average molecular weight is 222 g/mol. The number of hydrogen-bond acceptors (Lipinski definition) is 5. The van der Waals surface area contributed by atoms with Crippen LogP contribution in [0.15, 0.2) is 12.1 Å². The van der Waals surface area contributed by atoms with Crippen molar-refractivity contribution in [3.63, 3.8) is 0 Å². The van der Waals surface area contributed by atoms with Gasteiger partial charge >= 0.3 is 11.8 Å². The molecular formula is C8H6N4O4. The van der Waals surface area contributed by atoms with E-state index in [9.17, 15) is 14.9 Å². The summed E-state index contributed by atoms with van der Waals surface area (Å²) in [6.45, 7) is 1.60. The van der Waals surface area contributed by atoms with E-state index in [0.29, 0.717) is 5.69 Å². The maximum absolute atomic E-state index is 10.7. The smallest absolute Gasteiger partial charge is 0.392 e. The zero-order chi connectivity index (χ0) is 11.9. The minimum absolute atomic E-state index is 0.143. The average Bonchev–Trinajstić information content (AvgIpc) is 2.61. The summed E-state index contributed by atoms with van der Waals surface area (Å²) in [4.78, 5) is 24.3. The van der Waals surface area contributed by atoms with Crippen molar-refractivity contribution in [3.8, 4) is 0 Å². The largest absolute Gasteiger partial charge is 0.477 e. The first-order valence-electron chi connectivity index (χ1n) is 4.24. The van der Waals surface area contributed by atoms with Crippen LogP contribution in [-0.4, -0.2) is 30.6 Å². The molecule has 8 heteroatoms. The van der Waals surface area contributed by atoms with E-state index in [0.717, 1.165) is 6.07 Å². The van der Waals surface area contributed by atoms with Crippen LogP contribution in [0.2, 0.25) is 0 Å². The Morgan fingerprint density at radius 2 is 2.25 bits per heavy atom. The number of nitro groups is 1. The summed E-state index contributed by atoms with van der Waals surface area (Å²) in [5, 5.41) is 22.9. The molecule has 0 bridgehead atoms. The summed E-state index contributed by atoms with van der Waals surface area (Å²) in [6.07, 6.45) is 0. The lowest BCUT2D eigenvalue weighted by atomic mass is 10.3. The van der Waals surface area contributed by atoms with Crippen molar-refractivity contribution in [2.75, 3.05) is 0 Å². The second-order valence-corrected chi connectivity index (χ2v) is 3.12. The molecule has 2 aromatic heterocycles. The maximum atomic E-state index is 10.7. The Morgan fingerprint density at radius 1 is 1.56 bits per heavy atom. The zero-order valence-electron chi connectivity index (χ0n) is 8.12. The molecule has 0 fully saturated rings. The summed E-state index contributed by atoms with van der Waals surface area (Å²) in [6, 6.07) is 2.42. The quantitative estimate of drug-likeness (QED) is 0.589. The fraction of sp³-hybridized carbons (Fsp3) is 0.125. The molecule has 0 aromatic carbocycles.